The zero-order valence-electron chi connectivity index (χ0n) is 13.0. The molecule has 1 amide bonds. The van der Waals surface area contributed by atoms with E-state index in [1.54, 1.807) is 11.8 Å². The number of thioether (sulfide) groups is 1. The van der Waals surface area contributed by atoms with Crippen molar-refractivity contribution < 1.29 is 4.79 Å². The summed E-state index contributed by atoms with van der Waals surface area (Å²) in [7, 11) is 0. The van der Waals surface area contributed by atoms with Crippen molar-refractivity contribution in [2.24, 2.45) is 0 Å². The summed E-state index contributed by atoms with van der Waals surface area (Å²) in [6.45, 7) is 4.22. The fraction of sp³-hybridized carbons (Fsp3) is 0.316. The van der Waals surface area contributed by atoms with E-state index in [0.29, 0.717) is 0 Å². The van der Waals surface area contributed by atoms with Gasteiger partial charge in [-0.1, -0.05) is 55.5 Å². The molecule has 1 aliphatic heterocycles. The van der Waals surface area contributed by atoms with Gasteiger partial charge in [-0.3, -0.25) is 4.79 Å². The van der Waals surface area contributed by atoms with Gasteiger partial charge >= 0.3 is 0 Å². The van der Waals surface area contributed by atoms with Crippen LogP contribution in [0.1, 0.15) is 37.3 Å². The summed E-state index contributed by atoms with van der Waals surface area (Å²) in [5, 5.41) is 3.29. The van der Waals surface area contributed by atoms with Crippen LogP contribution in [0.4, 0.5) is 0 Å². The lowest BCUT2D eigenvalue weighted by molar-refractivity contribution is -0.124. The van der Waals surface area contributed by atoms with Crippen molar-refractivity contribution >= 4 is 17.7 Å². The molecule has 114 valence electrons. The van der Waals surface area contributed by atoms with Crippen molar-refractivity contribution in [1.29, 1.82) is 0 Å². The van der Waals surface area contributed by atoms with Gasteiger partial charge in [0.25, 0.3) is 0 Å². The van der Waals surface area contributed by atoms with Crippen LogP contribution in [0.3, 0.4) is 0 Å². The van der Waals surface area contributed by atoms with E-state index in [9.17, 15) is 4.79 Å². The zero-order chi connectivity index (χ0) is 15.6. The second-order valence-corrected chi connectivity index (χ2v) is 7.00. The van der Waals surface area contributed by atoms with E-state index >= 15 is 0 Å². The summed E-state index contributed by atoms with van der Waals surface area (Å²) in [5.74, 6) is 0.918. The minimum atomic E-state index is -0.319. The normalized spacial score (nSPS) is 19.3. The van der Waals surface area contributed by atoms with E-state index in [2.05, 4.69) is 43.4 Å². The van der Waals surface area contributed by atoms with Crippen LogP contribution in [0, 0.1) is 0 Å². The standard InChI is InChI=1S/C19H21NOS/c1-3-19(2,14-9-5-4-6-10-14)20-18(21)16-13-22-17-12-8-7-11-15(16)17/h4-12,16H,3,13H2,1-2H3,(H,20,21). The molecule has 2 aromatic carbocycles. The first kappa shape index (κ1) is 15.2. The van der Waals surface area contributed by atoms with E-state index in [-0.39, 0.29) is 17.4 Å². The minimum absolute atomic E-state index is 0.0456. The Morgan fingerprint density at radius 1 is 1.18 bits per heavy atom. The van der Waals surface area contributed by atoms with Crippen LogP contribution in [0.2, 0.25) is 0 Å². The van der Waals surface area contributed by atoms with Gasteiger partial charge in [0.2, 0.25) is 5.91 Å². The molecular formula is C19H21NOS. The Morgan fingerprint density at radius 3 is 2.59 bits per heavy atom. The van der Waals surface area contributed by atoms with Gasteiger partial charge < -0.3 is 5.32 Å². The molecule has 0 bridgehead atoms. The van der Waals surface area contributed by atoms with Gasteiger partial charge in [0, 0.05) is 10.6 Å². The van der Waals surface area contributed by atoms with Crippen LogP contribution >= 0.6 is 11.8 Å². The highest BCUT2D eigenvalue weighted by molar-refractivity contribution is 7.99. The SMILES string of the molecule is CCC(C)(NC(=O)C1CSc2ccccc21)c1ccccc1. The second kappa shape index (κ2) is 6.17. The van der Waals surface area contributed by atoms with Crippen LogP contribution in [-0.2, 0) is 10.3 Å². The minimum Gasteiger partial charge on any atom is -0.346 e. The Kier molecular flexibility index (Phi) is 4.25. The van der Waals surface area contributed by atoms with E-state index < -0.39 is 0 Å². The van der Waals surface area contributed by atoms with Crippen molar-refractivity contribution in [1.82, 2.24) is 5.32 Å². The molecule has 2 aromatic rings. The average molecular weight is 311 g/mol. The molecule has 0 fully saturated rings. The zero-order valence-corrected chi connectivity index (χ0v) is 13.8. The van der Waals surface area contributed by atoms with Crippen molar-refractivity contribution in [3.63, 3.8) is 0 Å². The van der Waals surface area contributed by atoms with Gasteiger partial charge in [0.05, 0.1) is 11.5 Å². The summed E-state index contributed by atoms with van der Waals surface area (Å²) in [6.07, 6.45) is 0.865. The molecule has 3 heteroatoms. The number of amides is 1. The largest absolute Gasteiger partial charge is 0.346 e. The quantitative estimate of drug-likeness (QED) is 0.911. The third-order valence-corrected chi connectivity index (χ3v) is 5.72. The lowest BCUT2D eigenvalue weighted by Gasteiger charge is -2.31. The van der Waals surface area contributed by atoms with Crippen LogP contribution in [0.15, 0.2) is 59.5 Å². The van der Waals surface area contributed by atoms with Gasteiger partial charge in [-0.2, -0.15) is 0 Å². The monoisotopic (exact) mass is 311 g/mol. The summed E-state index contributed by atoms with van der Waals surface area (Å²) >= 11 is 1.77. The molecule has 0 saturated carbocycles. The molecule has 2 unspecified atom stereocenters. The van der Waals surface area contributed by atoms with Gasteiger partial charge in [-0.15, -0.1) is 11.8 Å². The topological polar surface area (TPSA) is 29.1 Å². The van der Waals surface area contributed by atoms with Gasteiger partial charge in [-0.25, -0.2) is 0 Å². The molecular weight excluding hydrogens is 290 g/mol. The number of carbonyl (C=O) groups excluding carboxylic acids is 1. The van der Waals surface area contributed by atoms with E-state index in [1.807, 2.05) is 30.3 Å². The van der Waals surface area contributed by atoms with Crippen LogP contribution in [0.25, 0.3) is 0 Å². The number of hydrogen-bond acceptors (Lipinski definition) is 2. The number of hydrogen-bond donors (Lipinski definition) is 1. The first-order valence-corrected chi connectivity index (χ1v) is 8.72. The number of rotatable bonds is 4. The molecule has 3 rings (SSSR count). The predicted octanol–water partition coefficient (Wildman–Crippen LogP) is 4.32. The highest BCUT2D eigenvalue weighted by Gasteiger charge is 2.34. The fourth-order valence-corrected chi connectivity index (χ4v) is 4.14. The first-order valence-electron chi connectivity index (χ1n) is 7.73. The Balaban J connectivity index is 1.82. The van der Waals surface area contributed by atoms with Crippen molar-refractivity contribution in [2.75, 3.05) is 5.75 Å². The van der Waals surface area contributed by atoms with Gasteiger partial charge in [0.1, 0.15) is 0 Å². The van der Waals surface area contributed by atoms with E-state index in [1.165, 1.54) is 4.90 Å². The summed E-state index contributed by atoms with van der Waals surface area (Å²) in [4.78, 5) is 14.1. The van der Waals surface area contributed by atoms with Crippen molar-refractivity contribution in [3.8, 4) is 0 Å². The van der Waals surface area contributed by atoms with Crippen LogP contribution in [0.5, 0.6) is 0 Å². The predicted molar refractivity (Wildman–Crippen MR) is 92.1 cm³/mol. The molecule has 2 nitrogen and oxygen atoms in total. The maximum Gasteiger partial charge on any atom is 0.229 e. The molecule has 0 spiro atoms. The Morgan fingerprint density at radius 2 is 1.86 bits per heavy atom. The fourth-order valence-electron chi connectivity index (χ4n) is 2.91. The smallest absolute Gasteiger partial charge is 0.229 e. The molecule has 1 N–H and O–H groups in total. The Labute approximate surface area is 136 Å². The lowest BCUT2D eigenvalue weighted by Crippen LogP contribution is -2.45. The average Bonchev–Trinajstić information content (AvgIpc) is 2.99. The highest BCUT2D eigenvalue weighted by atomic mass is 32.2. The van der Waals surface area contributed by atoms with Gasteiger partial charge in [0.15, 0.2) is 0 Å². The highest BCUT2D eigenvalue weighted by Crippen LogP contribution is 2.40. The third-order valence-electron chi connectivity index (χ3n) is 4.53. The molecule has 0 aromatic heterocycles. The summed E-state index contributed by atoms with van der Waals surface area (Å²) in [5.41, 5.74) is 2.00. The maximum absolute atomic E-state index is 12.8. The first-order chi connectivity index (χ1) is 10.6. The summed E-state index contributed by atoms with van der Waals surface area (Å²) in [6, 6.07) is 18.4. The molecule has 0 saturated heterocycles. The van der Waals surface area contributed by atoms with Crippen LogP contribution in [-0.4, -0.2) is 11.7 Å². The number of fused-ring (bicyclic) bond motifs is 1. The molecule has 1 aliphatic rings. The maximum atomic E-state index is 12.8. The number of benzene rings is 2. The number of nitrogens with one attached hydrogen (secondary N) is 1. The lowest BCUT2D eigenvalue weighted by atomic mass is 9.88. The molecule has 22 heavy (non-hydrogen) atoms. The van der Waals surface area contributed by atoms with E-state index in [0.717, 1.165) is 23.3 Å². The van der Waals surface area contributed by atoms with Crippen LogP contribution < -0.4 is 5.32 Å². The number of carbonyl (C=O) groups is 1. The third kappa shape index (κ3) is 2.78. The second-order valence-electron chi connectivity index (χ2n) is 5.94. The summed E-state index contributed by atoms with van der Waals surface area (Å²) < 4.78 is 0. The Bertz CT molecular complexity index is 670. The van der Waals surface area contributed by atoms with Crippen molar-refractivity contribution in [2.45, 2.75) is 36.6 Å². The van der Waals surface area contributed by atoms with E-state index in [4.69, 9.17) is 0 Å². The Hall–Kier alpha value is -1.74. The molecule has 2 atom stereocenters. The molecule has 0 radical (unpaired) electrons. The van der Waals surface area contributed by atoms with Gasteiger partial charge in [-0.05, 0) is 30.5 Å². The van der Waals surface area contributed by atoms with Crippen molar-refractivity contribution in [3.05, 3.63) is 65.7 Å². The molecule has 1 heterocycles. The molecule has 0 aliphatic carbocycles.